The maximum absolute atomic E-state index is 11.5. The molecule has 0 aliphatic carbocycles. The van der Waals surface area contributed by atoms with Crippen molar-refractivity contribution in [2.45, 2.75) is 39.7 Å². The van der Waals surface area contributed by atoms with Gasteiger partial charge in [-0.1, -0.05) is 31.2 Å². The van der Waals surface area contributed by atoms with Crippen LogP contribution in [0.15, 0.2) is 34.7 Å². The molecule has 1 aliphatic heterocycles. The third-order valence-corrected chi connectivity index (χ3v) is 5.67. The Kier molecular flexibility index (Phi) is 7.56. The Balaban J connectivity index is 1.56. The first-order valence-corrected chi connectivity index (χ1v) is 10.7. The molecule has 150 valence electrons. The fourth-order valence-corrected chi connectivity index (χ4v) is 3.88. The monoisotopic (exact) mass is 400 g/mol. The first kappa shape index (κ1) is 20.5. The zero-order valence-corrected chi connectivity index (χ0v) is 17.4. The van der Waals surface area contributed by atoms with Crippen LogP contribution in [0.2, 0.25) is 0 Å². The van der Waals surface area contributed by atoms with Gasteiger partial charge in [-0.05, 0) is 49.9 Å². The molecule has 0 spiro atoms. The SMILES string of the molecule is CCOC(=O)Cc1csc(NN=Cc2ccccc2CN2CCC(C)CC2)n1. The second-order valence-corrected chi connectivity index (χ2v) is 8.01. The summed E-state index contributed by atoms with van der Waals surface area (Å²) in [5.74, 6) is 0.577. The lowest BCUT2D eigenvalue weighted by Gasteiger charge is -2.30. The number of piperidine rings is 1. The van der Waals surface area contributed by atoms with E-state index in [1.807, 2.05) is 17.7 Å². The Morgan fingerprint density at radius 1 is 1.39 bits per heavy atom. The van der Waals surface area contributed by atoms with Gasteiger partial charge in [-0.15, -0.1) is 11.3 Å². The van der Waals surface area contributed by atoms with Crippen LogP contribution in [-0.4, -0.2) is 41.8 Å². The van der Waals surface area contributed by atoms with Crippen molar-refractivity contribution in [3.05, 3.63) is 46.5 Å². The summed E-state index contributed by atoms with van der Waals surface area (Å²) in [7, 11) is 0. The third kappa shape index (κ3) is 6.14. The number of carbonyl (C=O) groups is 1. The van der Waals surface area contributed by atoms with Gasteiger partial charge in [0.25, 0.3) is 0 Å². The van der Waals surface area contributed by atoms with Crippen molar-refractivity contribution in [1.29, 1.82) is 0 Å². The van der Waals surface area contributed by atoms with Crippen LogP contribution in [-0.2, 0) is 22.5 Å². The molecule has 2 aromatic rings. The number of likely N-dealkylation sites (tertiary alicyclic amines) is 1. The molecule has 0 radical (unpaired) electrons. The van der Waals surface area contributed by atoms with Crippen LogP contribution in [0.1, 0.15) is 43.5 Å². The number of hydrogen-bond acceptors (Lipinski definition) is 7. The first-order valence-electron chi connectivity index (χ1n) is 9.83. The van der Waals surface area contributed by atoms with Gasteiger partial charge >= 0.3 is 5.97 Å². The summed E-state index contributed by atoms with van der Waals surface area (Å²) in [6.07, 6.45) is 4.58. The van der Waals surface area contributed by atoms with Crippen molar-refractivity contribution in [1.82, 2.24) is 9.88 Å². The van der Waals surface area contributed by atoms with Gasteiger partial charge in [-0.25, -0.2) is 4.98 Å². The number of hydrogen-bond donors (Lipinski definition) is 1. The molecule has 2 heterocycles. The van der Waals surface area contributed by atoms with Gasteiger partial charge in [0, 0.05) is 11.9 Å². The highest BCUT2D eigenvalue weighted by Crippen LogP contribution is 2.19. The highest BCUT2D eigenvalue weighted by atomic mass is 32.1. The Hall–Kier alpha value is -2.25. The lowest BCUT2D eigenvalue weighted by Crippen LogP contribution is -2.32. The van der Waals surface area contributed by atoms with Crippen LogP contribution in [0.5, 0.6) is 0 Å². The Bertz CT molecular complexity index is 797. The molecule has 6 nitrogen and oxygen atoms in total. The molecule has 1 fully saturated rings. The summed E-state index contributed by atoms with van der Waals surface area (Å²) in [6, 6.07) is 8.36. The van der Waals surface area contributed by atoms with E-state index < -0.39 is 0 Å². The molecule has 0 amide bonds. The molecular formula is C21H28N4O2S. The number of anilines is 1. The predicted molar refractivity (Wildman–Crippen MR) is 114 cm³/mol. The molecule has 1 aliphatic rings. The predicted octanol–water partition coefficient (Wildman–Crippen LogP) is 3.93. The standard InChI is InChI=1S/C21H28N4O2S/c1-3-27-20(26)12-19-15-28-21(23-19)24-22-13-17-6-4-5-7-18(17)14-25-10-8-16(2)9-11-25/h4-7,13,15-16H,3,8-12,14H2,1-2H3,(H,23,24). The van der Waals surface area contributed by atoms with E-state index in [0.717, 1.165) is 31.1 Å². The fourth-order valence-electron chi connectivity index (χ4n) is 3.22. The van der Waals surface area contributed by atoms with E-state index in [9.17, 15) is 4.79 Å². The molecule has 7 heteroatoms. The van der Waals surface area contributed by atoms with Crippen LogP contribution in [0, 0.1) is 5.92 Å². The van der Waals surface area contributed by atoms with Crippen molar-refractivity contribution >= 4 is 28.7 Å². The molecule has 0 unspecified atom stereocenters. The molecule has 0 saturated carbocycles. The molecule has 1 aromatic heterocycles. The topological polar surface area (TPSA) is 66.8 Å². The zero-order chi connectivity index (χ0) is 19.8. The molecule has 1 saturated heterocycles. The number of aromatic nitrogens is 1. The van der Waals surface area contributed by atoms with Crippen molar-refractivity contribution < 1.29 is 9.53 Å². The Labute approximate surface area is 170 Å². The average Bonchev–Trinajstić information content (AvgIpc) is 3.12. The summed E-state index contributed by atoms with van der Waals surface area (Å²) in [5, 5.41) is 6.86. The van der Waals surface area contributed by atoms with Gasteiger partial charge < -0.3 is 4.74 Å². The summed E-state index contributed by atoms with van der Waals surface area (Å²) < 4.78 is 4.95. The quantitative estimate of drug-likeness (QED) is 0.413. The zero-order valence-electron chi connectivity index (χ0n) is 16.6. The van der Waals surface area contributed by atoms with Crippen LogP contribution >= 0.6 is 11.3 Å². The van der Waals surface area contributed by atoms with Crippen LogP contribution in [0.4, 0.5) is 5.13 Å². The van der Waals surface area contributed by atoms with E-state index in [4.69, 9.17) is 4.74 Å². The van der Waals surface area contributed by atoms with Crippen molar-refractivity contribution in [2.75, 3.05) is 25.1 Å². The molecular weight excluding hydrogens is 372 g/mol. The number of hydrazone groups is 1. The number of rotatable bonds is 8. The lowest BCUT2D eigenvalue weighted by atomic mass is 9.98. The van der Waals surface area contributed by atoms with Crippen LogP contribution < -0.4 is 5.43 Å². The molecule has 1 N–H and O–H groups in total. The first-order chi connectivity index (χ1) is 13.6. The van der Waals surface area contributed by atoms with Gasteiger partial charge in [0.15, 0.2) is 0 Å². The fraction of sp³-hybridized carbons (Fsp3) is 0.476. The highest BCUT2D eigenvalue weighted by Gasteiger charge is 2.16. The highest BCUT2D eigenvalue weighted by molar-refractivity contribution is 7.13. The van der Waals surface area contributed by atoms with Gasteiger partial charge in [0.05, 0.1) is 24.9 Å². The minimum absolute atomic E-state index is 0.188. The Morgan fingerprint density at radius 2 is 2.18 bits per heavy atom. The number of ether oxygens (including phenoxy) is 1. The number of esters is 1. The van der Waals surface area contributed by atoms with E-state index in [0.29, 0.717) is 17.4 Å². The van der Waals surface area contributed by atoms with Gasteiger partial charge in [0.2, 0.25) is 5.13 Å². The van der Waals surface area contributed by atoms with Crippen molar-refractivity contribution in [2.24, 2.45) is 11.0 Å². The average molecular weight is 401 g/mol. The van der Waals surface area contributed by atoms with Gasteiger partial charge in [0.1, 0.15) is 0 Å². The maximum Gasteiger partial charge on any atom is 0.311 e. The van der Waals surface area contributed by atoms with E-state index in [1.54, 1.807) is 6.92 Å². The third-order valence-electron chi connectivity index (χ3n) is 4.87. The largest absolute Gasteiger partial charge is 0.466 e. The van der Waals surface area contributed by atoms with E-state index in [2.05, 4.69) is 45.5 Å². The van der Waals surface area contributed by atoms with Gasteiger partial charge in [-0.3, -0.25) is 15.1 Å². The molecule has 0 bridgehead atoms. The summed E-state index contributed by atoms with van der Waals surface area (Å²) in [6.45, 7) is 7.79. The summed E-state index contributed by atoms with van der Waals surface area (Å²) in [5.41, 5.74) is 6.05. The molecule has 3 rings (SSSR count). The van der Waals surface area contributed by atoms with Gasteiger partial charge in [-0.2, -0.15) is 5.10 Å². The van der Waals surface area contributed by atoms with E-state index >= 15 is 0 Å². The summed E-state index contributed by atoms with van der Waals surface area (Å²) in [4.78, 5) is 18.4. The number of thiazole rings is 1. The Morgan fingerprint density at radius 3 is 2.96 bits per heavy atom. The smallest absolute Gasteiger partial charge is 0.311 e. The van der Waals surface area contributed by atoms with Crippen LogP contribution in [0.25, 0.3) is 0 Å². The van der Waals surface area contributed by atoms with Crippen molar-refractivity contribution in [3.63, 3.8) is 0 Å². The normalized spacial score (nSPS) is 15.8. The maximum atomic E-state index is 11.5. The van der Waals surface area contributed by atoms with E-state index in [1.165, 1.54) is 29.7 Å². The minimum atomic E-state index is -0.260. The lowest BCUT2D eigenvalue weighted by molar-refractivity contribution is -0.142. The second-order valence-electron chi connectivity index (χ2n) is 7.15. The van der Waals surface area contributed by atoms with E-state index in [-0.39, 0.29) is 12.4 Å². The molecule has 1 aromatic carbocycles. The number of carbonyl (C=O) groups excluding carboxylic acids is 1. The number of nitrogens with one attached hydrogen (secondary N) is 1. The minimum Gasteiger partial charge on any atom is -0.466 e. The molecule has 28 heavy (non-hydrogen) atoms. The number of nitrogens with zero attached hydrogens (tertiary/aromatic N) is 3. The van der Waals surface area contributed by atoms with Crippen molar-refractivity contribution in [3.8, 4) is 0 Å². The second kappa shape index (κ2) is 10.3. The molecule has 0 atom stereocenters. The number of benzene rings is 1. The van der Waals surface area contributed by atoms with Crippen LogP contribution in [0.3, 0.4) is 0 Å². The summed E-state index contributed by atoms with van der Waals surface area (Å²) >= 11 is 1.43.